The summed E-state index contributed by atoms with van der Waals surface area (Å²) in [5.41, 5.74) is 1.03. The van der Waals surface area contributed by atoms with E-state index in [4.69, 9.17) is 5.73 Å². The van der Waals surface area contributed by atoms with Crippen LogP contribution in [-0.4, -0.2) is 6.18 Å². The molecule has 0 aromatic heterocycles. The molecule has 0 saturated heterocycles. The van der Waals surface area contributed by atoms with Gasteiger partial charge in [-0.2, -0.15) is 26.3 Å². The minimum absolute atomic E-state index is 0.309. The van der Waals surface area contributed by atoms with Crippen molar-refractivity contribution in [1.29, 1.82) is 0 Å². The summed E-state index contributed by atoms with van der Waals surface area (Å²) >= 11 is 0. The zero-order valence-corrected chi connectivity index (χ0v) is 12.0. The van der Waals surface area contributed by atoms with Crippen molar-refractivity contribution in [2.45, 2.75) is 17.9 Å². The van der Waals surface area contributed by atoms with Crippen LogP contribution in [0.1, 0.15) is 16.7 Å². The van der Waals surface area contributed by atoms with Gasteiger partial charge in [-0.15, -0.1) is 0 Å². The van der Waals surface area contributed by atoms with Gasteiger partial charge in [0, 0.05) is 5.56 Å². The lowest BCUT2D eigenvalue weighted by Crippen LogP contribution is -2.49. The number of rotatable bonds is 1. The number of benzene rings is 2. The van der Waals surface area contributed by atoms with E-state index in [1.807, 2.05) is 5.92 Å². The maximum absolute atomic E-state index is 13.4. The second-order valence-corrected chi connectivity index (χ2v) is 5.00. The van der Waals surface area contributed by atoms with E-state index in [-0.39, 0.29) is 0 Å². The van der Waals surface area contributed by atoms with Crippen LogP contribution in [0, 0.1) is 11.8 Å². The standard InChI is InChI=1S/C17H11F6N/c18-16(19,20)14-8-6-13(7-9-14)15(24,17(21,22)23)11-10-12-4-2-1-3-5-12/h1-9H,24H2. The molecule has 0 radical (unpaired) electrons. The third-order valence-corrected chi connectivity index (χ3v) is 3.29. The molecule has 0 aliphatic rings. The van der Waals surface area contributed by atoms with Crippen molar-refractivity contribution in [3.05, 3.63) is 71.3 Å². The summed E-state index contributed by atoms with van der Waals surface area (Å²) in [4.78, 5) is 0. The smallest absolute Gasteiger partial charge is 0.304 e. The van der Waals surface area contributed by atoms with Gasteiger partial charge in [-0.05, 0) is 29.8 Å². The van der Waals surface area contributed by atoms with Gasteiger partial charge in [0.15, 0.2) is 5.54 Å². The highest BCUT2D eigenvalue weighted by Crippen LogP contribution is 2.38. The lowest BCUT2D eigenvalue weighted by Gasteiger charge is -2.27. The first-order valence-corrected chi connectivity index (χ1v) is 6.65. The molecule has 2 aromatic rings. The highest BCUT2D eigenvalue weighted by molar-refractivity contribution is 5.43. The van der Waals surface area contributed by atoms with Crippen molar-refractivity contribution in [2.24, 2.45) is 5.73 Å². The second kappa shape index (κ2) is 6.21. The zero-order chi connectivity index (χ0) is 18.0. The monoisotopic (exact) mass is 343 g/mol. The third-order valence-electron chi connectivity index (χ3n) is 3.29. The van der Waals surface area contributed by atoms with Gasteiger partial charge in [-0.3, -0.25) is 0 Å². The summed E-state index contributed by atoms with van der Waals surface area (Å²) in [6.45, 7) is 0. The van der Waals surface area contributed by atoms with Crippen molar-refractivity contribution in [3.63, 3.8) is 0 Å². The fourth-order valence-corrected chi connectivity index (χ4v) is 1.92. The topological polar surface area (TPSA) is 26.0 Å². The second-order valence-electron chi connectivity index (χ2n) is 5.00. The van der Waals surface area contributed by atoms with Gasteiger partial charge in [0.25, 0.3) is 0 Å². The van der Waals surface area contributed by atoms with Crippen LogP contribution in [-0.2, 0) is 11.7 Å². The lowest BCUT2D eigenvalue weighted by molar-refractivity contribution is -0.171. The van der Waals surface area contributed by atoms with Crippen molar-refractivity contribution < 1.29 is 26.3 Å². The van der Waals surface area contributed by atoms with Gasteiger partial charge < -0.3 is 5.73 Å². The summed E-state index contributed by atoms with van der Waals surface area (Å²) < 4.78 is 77.7. The van der Waals surface area contributed by atoms with E-state index >= 15 is 0 Å². The fourth-order valence-electron chi connectivity index (χ4n) is 1.92. The molecule has 2 N–H and O–H groups in total. The van der Waals surface area contributed by atoms with E-state index in [0.717, 1.165) is 0 Å². The molecular weight excluding hydrogens is 332 g/mol. The molecule has 0 fully saturated rings. The summed E-state index contributed by atoms with van der Waals surface area (Å²) in [5.74, 6) is 4.27. The lowest BCUT2D eigenvalue weighted by atomic mass is 9.89. The molecular formula is C17H11F6N. The molecule has 1 nitrogen and oxygen atoms in total. The summed E-state index contributed by atoms with van der Waals surface area (Å²) in [5, 5.41) is 0. The van der Waals surface area contributed by atoms with Crippen LogP contribution in [0.3, 0.4) is 0 Å². The van der Waals surface area contributed by atoms with Gasteiger partial charge in [0.2, 0.25) is 0 Å². The number of alkyl halides is 6. The minimum atomic E-state index is -4.96. The van der Waals surface area contributed by atoms with Crippen molar-refractivity contribution in [1.82, 2.24) is 0 Å². The number of hydrogen-bond donors (Lipinski definition) is 1. The summed E-state index contributed by atoms with van der Waals surface area (Å²) in [7, 11) is 0. The third kappa shape index (κ3) is 3.71. The molecule has 0 saturated carbocycles. The summed E-state index contributed by atoms with van der Waals surface area (Å²) in [6, 6.07) is 10.3. The Balaban J connectivity index is 2.48. The first-order valence-electron chi connectivity index (χ1n) is 6.65. The van der Waals surface area contributed by atoms with Gasteiger partial charge in [0.1, 0.15) is 0 Å². The van der Waals surface area contributed by atoms with E-state index in [0.29, 0.717) is 29.8 Å². The Kier molecular flexibility index (Phi) is 4.63. The van der Waals surface area contributed by atoms with Crippen LogP contribution in [0.4, 0.5) is 26.3 Å². The van der Waals surface area contributed by atoms with Crippen LogP contribution in [0.15, 0.2) is 54.6 Å². The molecule has 7 heteroatoms. The van der Waals surface area contributed by atoms with Gasteiger partial charge in [0.05, 0.1) is 5.56 Å². The molecule has 24 heavy (non-hydrogen) atoms. The number of nitrogens with two attached hydrogens (primary N) is 1. The van der Waals surface area contributed by atoms with Gasteiger partial charge in [-0.1, -0.05) is 42.2 Å². The van der Waals surface area contributed by atoms with E-state index < -0.39 is 29.0 Å². The first kappa shape index (κ1) is 17.9. The van der Waals surface area contributed by atoms with Crippen molar-refractivity contribution in [3.8, 4) is 11.8 Å². The molecule has 0 bridgehead atoms. The molecule has 0 spiro atoms. The Bertz CT molecular complexity index is 750. The SMILES string of the molecule is NC(C#Cc1ccccc1)(c1ccc(C(F)(F)F)cc1)C(F)(F)F. The molecule has 2 aromatic carbocycles. The molecule has 2 rings (SSSR count). The van der Waals surface area contributed by atoms with E-state index in [1.165, 1.54) is 12.1 Å². The number of hydrogen-bond acceptors (Lipinski definition) is 1. The quantitative estimate of drug-likeness (QED) is 0.600. The Labute approximate surface area is 134 Å². The Morgan fingerprint density at radius 2 is 1.21 bits per heavy atom. The molecule has 126 valence electrons. The number of halogens is 6. The molecule has 0 aliphatic heterocycles. The largest absolute Gasteiger partial charge is 0.422 e. The van der Waals surface area contributed by atoms with Crippen LogP contribution in [0.2, 0.25) is 0 Å². The molecule has 0 heterocycles. The van der Waals surface area contributed by atoms with E-state index in [1.54, 1.807) is 18.2 Å². The van der Waals surface area contributed by atoms with Crippen molar-refractivity contribution in [2.75, 3.05) is 0 Å². The summed E-state index contributed by atoms with van der Waals surface area (Å²) in [6.07, 6.45) is -9.61. The van der Waals surface area contributed by atoms with Crippen LogP contribution in [0.5, 0.6) is 0 Å². The Morgan fingerprint density at radius 3 is 1.67 bits per heavy atom. The van der Waals surface area contributed by atoms with Gasteiger partial charge >= 0.3 is 12.4 Å². The normalized spacial score (nSPS) is 14.5. The highest BCUT2D eigenvalue weighted by Gasteiger charge is 2.52. The average molecular weight is 343 g/mol. The van der Waals surface area contributed by atoms with Crippen LogP contribution >= 0.6 is 0 Å². The minimum Gasteiger partial charge on any atom is -0.304 e. The predicted octanol–water partition coefficient (Wildman–Crippen LogP) is 4.47. The first-order chi connectivity index (χ1) is 11.0. The average Bonchev–Trinajstić information content (AvgIpc) is 2.52. The van der Waals surface area contributed by atoms with Gasteiger partial charge in [-0.25, -0.2) is 0 Å². The molecule has 1 unspecified atom stereocenters. The molecule has 0 amide bonds. The molecule has 0 aliphatic carbocycles. The maximum Gasteiger partial charge on any atom is 0.422 e. The van der Waals surface area contributed by atoms with E-state index in [9.17, 15) is 26.3 Å². The Morgan fingerprint density at radius 1 is 0.708 bits per heavy atom. The zero-order valence-electron chi connectivity index (χ0n) is 12.0. The van der Waals surface area contributed by atoms with Crippen LogP contribution < -0.4 is 5.73 Å². The maximum atomic E-state index is 13.4. The fraction of sp³-hybridized carbons (Fsp3) is 0.176. The predicted molar refractivity (Wildman–Crippen MR) is 76.7 cm³/mol. The highest BCUT2D eigenvalue weighted by atomic mass is 19.4. The van der Waals surface area contributed by atoms with E-state index in [2.05, 4.69) is 5.92 Å². The molecule has 1 atom stereocenters. The van der Waals surface area contributed by atoms with Crippen LogP contribution in [0.25, 0.3) is 0 Å². The Hall–Kier alpha value is -2.46. The van der Waals surface area contributed by atoms with Crippen molar-refractivity contribution >= 4 is 0 Å².